The number of benzene rings is 1. The topological polar surface area (TPSA) is 23.5 Å². The Morgan fingerprint density at radius 3 is 2.29 bits per heavy atom. The molecule has 0 bridgehead atoms. The van der Waals surface area contributed by atoms with Crippen molar-refractivity contribution < 1.29 is 9.50 Å². The molecule has 2 nitrogen and oxygen atoms in total. The maximum Gasteiger partial charge on any atom is 0.146 e. The van der Waals surface area contributed by atoms with Crippen LogP contribution in [0.3, 0.4) is 0 Å². The van der Waals surface area contributed by atoms with Gasteiger partial charge in [0.1, 0.15) is 5.82 Å². The van der Waals surface area contributed by atoms with Gasteiger partial charge in [-0.15, -0.1) is 0 Å². The van der Waals surface area contributed by atoms with E-state index in [4.69, 9.17) is 5.11 Å². The van der Waals surface area contributed by atoms with Gasteiger partial charge in [-0.05, 0) is 30.5 Å². The van der Waals surface area contributed by atoms with Crippen molar-refractivity contribution in [2.75, 3.05) is 18.0 Å². The molecule has 0 aliphatic carbocycles. The van der Waals surface area contributed by atoms with Gasteiger partial charge in [-0.2, -0.15) is 0 Å². The van der Waals surface area contributed by atoms with E-state index in [0.29, 0.717) is 11.3 Å². The molecule has 0 saturated carbocycles. The van der Waals surface area contributed by atoms with Gasteiger partial charge in [-0.25, -0.2) is 4.39 Å². The van der Waals surface area contributed by atoms with E-state index in [2.05, 4.69) is 4.90 Å². The summed E-state index contributed by atoms with van der Waals surface area (Å²) in [5, 5.41) is 8.97. The number of hydrogen-bond donors (Lipinski definition) is 1. The van der Waals surface area contributed by atoms with Crippen LogP contribution in [0.1, 0.15) is 37.7 Å². The Labute approximate surface area is 102 Å². The highest BCUT2D eigenvalue weighted by Gasteiger charge is 2.13. The summed E-state index contributed by atoms with van der Waals surface area (Å²) in [7, 11) is 0. The number of anilines is 1. The summed E-state index contributed by atoms with van der Waals surface area (Å²) in [6.45, 7) is 1.78. The second-order valence-corrected chi connectivity index (χ2v) is 4.70. The molecule has 17 heavy (non-hydrogen) atoms. The van der Waals surface area contributed by atoms with Crippen LogP contribution in [0.5, 0.6) is 0 Å². The molecule has 0 aromatic heterocycles. The Morgan fingerprint density at radius 2 is 1.71 bits per heavy atom. The summed E-state index contributed by atoms with van der Waals surface area (Å²) in [4.78, 5) is 2.13. The normalized spacial score (nSPS) is 17.6. The van der Waals surface area contributed by atoms with Crippen LogP contribution in [0.4, 0.5) is 10.1 Å². The summed E-state index contributed by atoms with van der Waals surface area (Å²) in [6, 6.07) is 5.04. The summed E-state index contributed by atoms with van der Waals surface area (Å²) >= 11 is 0. The maximum absolute atomic E-state index is 13.9. The van der Waals surface area contributed by atoms with E-state index >= 15 is 0 Å². The SMILES string of the molecule is OCc1ccc(N2CCCCCCC2)c(F)c1. The van der Waals surface area contributed by atoms with Gasteiger partial charge in [0.15, 0.2) is 0 Å². The molecule has 0 amide bonds. The Kier molecular flexibility index (Phi) is 4.37. The number of halogens is 1. The molecule has 1 fully saturated rings. The van der Waals surface area contributed by atoms with Crippen molar-refractivity contribution in [3.05, 3.63) is 29.6 Å². The van der Waals surface area contributed by atoms with Crippen LogP contribution in [0.15, 0.2) is 18.2 Å². The number of nitrogens with zero attached hydrogens (tertiary/aromatic N) is 1. The zero-order valence-corrected chi connectivity index (χ0v) is 10.2. The van der Waals surface area contributed by atoms with Crippen LogP contribution in [0.25, 0.3) is 0 Å². The molecule has 0 radical (unpaired) electrons. The average Bonchev–Trinajstić information content (AvgIpc) is 2.29. The Balaban J connectivity index is 2.13. The first-order valence-electron chi connectivity index (χ1n) is 6.45. The molecule has 2 rings (SSSR count). The van der Waals surface area contributed by atoms with E-state index in [9.17, 15) is 4.39 Å². The predicted octanol–water partition coefficient (Wildman–Crippen LogP) is 3.09. The fourth-order valence-corrected chi connectivity index (χ4v) is 2.39. The van der Waals surface area contributed by atoms with E-state index in [-0.39, 0.29) is 12.4 Å². The quantitative estimate of drug-likeness (QED) is 0.854. The van der Waals surface area contributed by atoms with Gasteiger partial charge in [0.2, 0.25) is 0 Å². The minimum absolute atomic E-state index is 0.100. The average molecular weight is 237 g/mol. The lowest BCUT2D eigenvalue weighted by Crippen LogP contribution is -2.27. The predicted molar refractivity (Wildman–Crippen MR) is 67.6 cm³/mol. The second kappa shape index (κ2) is 6.01. The van der Waals surface area contributed by atoms with Crippen LogP contribution in [-0.4, -0.2) is 18.2 Å². The molecule has 1 heterocycles. The van der Waals surface area contributed by atoms with Gasteiger partial charge in [0, 0.05) is 13.1 Å². The maximum atomic E-state index is 13.9. The highest BCUT2D eigenvalue weighted by molar-refractivity contribution is 5.49. The standard InChI is InChI=1S/C14H20FNO/c15-13-10-12(11-17)6-7-14(13)16-8-4-2-1-3-5-9-16/h6-7,10,17H,1-5,8-9,11H2. The Morgan fingerprint density at radius 1 is 1.06 bits per heavy atom. The van der Waals surface area contributed by atoms with Gasteiger partial charge < -0.3 is 10.0 Å². The minimum Gasteiger partial charge on any atom is -0.392 e. The molecule has 0 spiro atoms. The monoisotopic (exact) mass is 237 g/mol. The van der Waals surface area contributed by atoms with Crippen molar-refractivity contribution in [3.8, 4) is 0 Å². The Hall–Kier alpha value is -1.09. The third kappa shape index (κ3) is 3.19. The first-order valence-corrected chi connectivity index (χ1v) is 6.45. The molecule has 1 aromatic rings. The van der Waals surface area contributed by atoms with E-state index in [1.807, 2.05) is 0 Å². The largest absolute Gasteiger partial charge is 0.392 e. The van der Waals surface area contributed by atoms with Crippen molar-refractivity contribution in [1.82, 2.24) is 0 Å². The molecular weight excluding hydrogens is 217 g/mol. The fourth-order valence-electron chi connectivity index (χ4n) is 2.39. The van der Waals surface area contributed by atoms with Crippen molar-refractivity contribution in [1.29, 1.82) is 0 Å². The van der Waals surface area contributed by atoms with Gasteiger partial charge in [-0.1, -0.05) is 25.3 Å². The first-order chi connectivity index (χ1) is 8.31. The zero-order valence-electron chi connectivity index (χ0n) is 10.2. The summed E-state index contributed by atoms with van der Waals surface area (Å²) < 4.78 is 13.9. The molecule has 1 aliphatic rings. The van der Waals surface area contributed by atoms with Gasteiger partial charge in [0.25, 0.3) is 0 Å². The van der Waals surface area contributed by atoms with Crippen molar-refractivity contribution in [2.45, 2.75) is 38.7 Å². The van der Waals surface area contributed by atoms with E-state index < -0.39 is 0 Å². The van der Waals surface area contributed by atoms with Crippen molar-refractivity contribution in [2.24, 2.45) is 0 Å². The summed E-state index contributed by atoms with van der Waals surface area (Å²) in [6.07, 6.45) is 6.07. The van der Waals surface area contributed by atoms with Crippen LogP contribution < -0.4 is 4.90 Å². The van der Waals surface area contributed by atoms with Gasteiger partial charge in [0.05, 0.1) is 12.3 Å². The molecule has 1 aliphatic heterocycles. The van der Waals surface area contributed by atoms with E-state index in [1.165, 1.54) is 25.3 Å². The van der Waals surface area contributed by atoms with Gasteiger partial charge in [-0.3, -0.25) is 0 Å². The lowest BCUT2D eigenvalue weighted by Gasteiger charge is -2.27. The molecule has 1 aromatic carbocycles. The lowest BCUT2D eigenvalue weighted by atomic mass is 10.1. The van der Waals surface area contributed by atoms with Crippen LogP contribution in [0, 0.1) is 5.82 Å². The minimum atomic E-state index is -0.211. The van der Waals surface area contributed by atoms with Crippen LogP contribution in [-0.2, 0) is 6.61 Å². The van der Waals surface area contributed by atoms with Crippen LogP contribution in [0.2, 0.25) is 0 Å². The smallest absolute Gasteiger partial charge is 0.146 e. The molecule has 1 N–H and O–H groups in total. The summed E-state index contributed by atoms with van der Waals surface area (Å²) in [5.41, 5.74) is 1.32. The molecule has 0 atom stereocenters. The number of rotatable bonds is 2. The molecule has 94 valence electrons. The van der Waals surface area contributed by atoms with Crippen molar-refractivity contribution >= 4 is 5.69 Å². The highest BCUT2D eigenvalue weighted by Crippen LogP contribution is 2.23. The van der Waals surface area contributed by atoms with Crippen molar-refractivity contribution in [3.63, 3.8) is 0 Å². The molecule has 0 unspecified atom stereocenters. The number of aliphatic hydroxyl groups is 1. The Bertz CT molecular complexity index is 359. The fraction of sp³-hybridized carbons (Fsp3) is 0.571. The molecule has 1 saturated heterocycles. The zero-order chi connectivity index (χ0) is 12.1. The van der Waals surface area contributed by atoms with Crippen LogP contribution >= 0.6 is 0 Å². The first kappa shape index (κ1) is 12.4. The van der Waals surface area contributed by atoms with E-state index in [0.717, 1.165) is 25.9 Å². The van der Waals surface area contributed by atoms with E-state index in [1.54, 1.807) is 12.1 Å². The summed E-state index contributed by atoms with van der Waals surface area (Å²) in [5.74, 6) is -0.211. The molecular formula is C14H20FNO. The third-order valence-electron chi connectivity index (χ3n) is 3.39. The molecule has 3 heteroatoms. The highest BCUT2D eigenvalue weighted by atomic mass is 19.1. The third-order valence-corrected chi connectivity index (χ3v) is 3.39. The number of hydrogen-bond acceptors (Lipinski definition) is 2. The van der Waals surface area contributed by atoms with Gasteiger partial charge >= 0.3 is 0 Å². The lowest BCUT2D eigenvalue weighted by molar-refractivity contribution is 0.281. The second-order valence-electron chi connectivity index (χ2n) is 4.70. The number of aliphatic hydroxyl groups excluding tert-OH is 1.